The van der Waals surface area contributed by atoms with Crippen molar-refractivity contribution >= 4 is 17.5 Å². The molecule has 0 unspecified atom stereocenters. The van der Waals surface area contributed by atoms with Crippen LogP contribution in [0.4, 0.5) is 0 Å². The molecule has 0 heterocycles. The molecule has 0 saturated heterocycles. The molecule has 0 bridgehead atoms. The maximum Gasteiger partial charge on any atom is 0.253 e. The number of amides is 1. The summed E-state index contributed by atoms with van der Waals surface area (Å²) < 4.78 is 0. The van der Waals surface area contributed by atoms with E-state index in [1.165, 1.54) is 103 Å². The third kappa shape index (κ3) is 14.9. The molecule has 0 aliphatic heterocycles. The highest BCUT2D eigenvalue weighted by Gasteiger charge is 2.15. The fourth-order valence-electron chi connectivity index (χ4n) is 4.32. The normalized spacial score (nSPS) is 11.1. The van der Waals surface area contributed by atoms with Crippen molar-refractivity contribution in [3.63, 3.8) is 0 Å². The number of carbonyl (C=O) groups is 1. The summed E-state index contributed by atoms with van der Waals surface area (Å²) >= 11 is 6.02. The summed E-state index contributed by atoms with van der Waals surface area (Å²) in [5.41, 5.74) is 0.765. The molecule has 1 aromatic rings. The van der Waals surface area contributed by atoms with Gasteiger partial charge in [-0.25, -0.2) is 0 Å². The van der Waals surface area contributed by atoms with Crippen LogP contribution in [-0.4, -0.2) is 23.9 Å². The lowest BCUT2D eigenvalue weighted by molar-refractivity contribution is 0.0749. The molecule has 0 spiro atoms. The number of rotatable bonds is 21. The van der Waals surface area contributed by atoms with Gasteiger partial charge in [-0.1, -0.05) is 128 Å². The third-order valence-corrected chi connectivity index (χ3v) is 6.69. The van der Waals surface area contributed by atoms with E-state index in [0.717, 1.165) is 31.5 Å². The van der Waals surface area contributed by atoms with Crippen LogP contribution in [0.25, 0.3) is 0 Å². The zero-order valence-electron chi connectivity index (χ0n) is 21.2. The highest BCUT2D eigenvalue weighted by atomic mass is 35.5. The van der Waals surface area contributed by atoms with Crippen LogP contribution in [0.5, 0.6) is 0 Å². The first-order valence-electron chi connectivity index (χ1n) is 13.7. The van der Waals surface area contributed by atoms with Crippen molar-refractivity contribution in [3.05, 3.63) is 34.9 Å². The van der Waals surface area contributed by atoms with Crippen LogP contribution in [0.3, 0.4) is 0 Å². The van der Waals surface area contributed by atoms with Crippen LogP contribution >= 0.6 is 11.6 Å². The number of halogens is 1. The van der Waals surface area contributed by atoms with Gasteiger partial charge in [-0.05, 0) is 37.1 Å². The second-order valence-electron chi connectivity index (χ2n) is 9.46. The van der Waals surface area contributed by atoms with Crippen LogP contribution in [0.15, 0.2) is 24.3 Å². The van der Waals surface area contributed by atoms with E-state index in [9.17, 15) is 4.79 Å². The molecule has 0 atom stereocenters. The van der Waals surface area contributed by atoms with Gasteiger partial charge in [0.25, 0.3) is 5.91 Å². The predicted molar refractivity (Wildman–Crippen MR) is 142 cm³/mol. The Balaban J connectivity index is 2.31. The van der Waals surface area contributed by atoms with E-state index < -0.39 is 0 Å². The first-order chi connectivity index (χ1) is 15.7. The summed E-state index contributed by atoms with van der Waals surface area (Å²) in [6.07, 6.45) is 23.6. The summed E-state index contributed by atoms with van der Waals surface area (Å²) in [4.78, 5) is 15.2. The second kappa shape index (κ2) is 20.6. The minimum atomic E-state index is 0.167. The number of carbonyl (C=O) groups excluding carboxylic acids is 1. The smallest absolute Gasteiger partial charge is 0.253 e. The monoisotopic (exact) mass is 463 g/mol. The van der Waals surface area contributed by atoms with E-state index in [1.54, 1.807) is 0 Å². The number of benzene rings is 1. The van der Waals surface area contributed by atoms with Crippen molar-refractivity contribution in [1.29, 1.82) is 0 Å². The molecule has 0 saturated carbocycles. The van der Waals surface area contributed by atoms with Gasteiger partial charge in [0.15, 0.2) is 0 Å². The SMILES string of the molecule is CCCCCCCCCCCN(CCCCCCCCCCC)C(=O)c1ccc(Cl)cc1. The van der Waals surface area contributed by atoms with Gasteiger partial charge in [0.05, 0.1) is 0 Å². The number of hydrogen-bond acceptors (Lipinski definition) is 1. The van der Waals surface area contributed by atoms with Crippen molar-refractivity contribution in [3.8, 4) is 0 Å². The molecule has 0 fully saturated rings. The van der Waals surface area contributed by atoms with Gasteiger partial charge in [0, 0.05) is 23.7 Å². The quantitative estimate of drug-likeness (QED) is 0.166. The molecular weight excluding hydrogens is 414 g/mol. The molecular formula is C29H50ClNO. The Hall–Kier alpha value is -1.02. The van der Waals surface area contributed by atoms with Gasteiger partial charge in [0.1, 0.15) is 0 Å². The molecule has 2 nitrogen and oxygen atoms in total. The first kappa shape index (κ1) is 29.0. The summed E-state index contributed by atoms with van der Waals surface area (Å²) in [6, 6.07) is 7.38. The van der Waals surface area contributed by atoms with E-state index in [1.807, 2.05) is 24.3 Å². The van der Waals surface area contributed by atoms with Gasteiger partial charge in [-0.2, -0.15) is 0 Å². The van der Waals surface area contributed by atoms with E-state index in [0.29, 0.717) is 5.02 Å². The van der Waals surface area contributed by atoms with Crippen LogP contribution < -0.4 is 0 Å². The molecule has 0 N–H and O–H groups in total. The summed E-state index contributed by atoms with van der Waals surface area (Å²) in [5, 5.41) is 0.686. The molecule has 1 aromatic carbocycles. The molecule has 0 aliphatic carbocycles. The van der Waals surface area contributed by atoms with Crippen molar-refractivity contribution in [1.82, 2.24) is 4.90 Å². The molecule has 1 rings (SSSR count). The lowest BCUT2D eigenvalue weighted by Crippen LogP contribution is -2.33. The lowest BCUT2D eigenvalue weighted by atomic mass is 10.1. The minimum absolute atomic E-state index is 0.167. The first-order valence-corrected chi connectivity index (χ1v) is 14.1. The van der Waals surface area contributed by atoms with Gasteiger partial charge in [-0.15, -0.1) is 0 Å². The highest BCUT2D eigenvalue weighted by molar-refractivity contribution is 6.30. The fraction of sp³-hybridized carbons (Fsp3) is 0.759. The zero-order chi connectivity index (χ0) is 23.3. The molecule has 0 radical (unpaired) electrons. The largest absolute Gasteiger partial charge is 0.339 e. The predicted octanol–water partition coefficient (Wildman–Crippen LogP) is 9.84. The van der Waals surface area contributed by atoms with Crippen LogP contribution in [0.2, 0.25) is 5.02 Å². The number of nitrogens with zero attached hydrogens (tertiary/aromatic N) is 1. The van der Waals surface area contributed by atoms with Gasteiger partial charge in [0.2, 0.25) is 0 Å². The van der Waals surface area contributed by atoms with Crippen molar-refractivity contribution in [2.75, 3.05) is 13.1 Å². The summed E-state index contributed by atoms with van der Waals surface area (Å²) in [7, 11) is 0. The minimum Gasteiger partial charge on any atom is -0.339 e. The van der Waals surface area contributed by atoms with E-state index in [2.05, 4.69) is 18.7 Å². The average Bonchev–Trinajstić information content (AvgIpc) is 2.80. The van der Waals surface area contributed by atoms with Gasteiger partial charge in [-0.3, -0.25) is 4.79 Å². The standard InChI is InChI=1S/C29H50ClNO/c1-3-5-7-9-11-13-15-17-19-25-31(29(32)27-21-23-28(30)24-22-27)26-20-18-16-14-12-10-8-6-4-2/h21-24H,3-20,25-26H2,1-2H3. The second-order valence-corrected chi connectivity index (χ2v) is 9.89. The maximum absolute atomic E-state index is 13.1. The van der Waals surface area contributed by atoms with Crippen LogP contribution in [-0.2, 0) is 0 Å². The third-order valence-electron chi connectivity index (χ3n) is 6.44. The Morgan fingerprint density at radius 3 is 1.31 bits per heavy atom. The summed E-state index contributed by atoms with van der Waals surface area (Å²) in [5.74, 6) is 0.167. The average molecular weight is 464 g/mol. The van der Waals surface area contributed by atoms with Crippen LogP contribution in [0, 0.1) is 0 Å². The fourth-order valence-corrected chi connectivity index (χ4v) is 4.44. The Morgan fingerprint density at radius 2 is 0.938 bits per heavy atom. The topological polar surface area (TPSA) is 20.3 Å². The van der Waals surface area contributed by atoms with Gasteiger partial charge >= 0.3 is 0 Å². The zero-order valence-corrected chi connectivity index (χ0v) is 21.9. The molecule has 1 amide bonds. The lowest BCUT2D eigenvalue weighted by Gasteiger charge is -2.23. The molecule has 32 heavy (non-hydrogen) atoms. The Kier molecular flexibility index (Phi) is 18.7. The van der Waals surface area contributed by atoms with E-state index >= 15 is 0 Å². The van der Waals surface area contributed by atoms with E-state index in [4.69, 9.17) is 11.6 Å². The highest BCUT2D eigenvalue weighted by Crippen LogP contribution is 2.15. The number of hydrogen-bond donors (Lipinski definition) is 0. The number of unbranched alkanes of at least 4 members (excludes halogenated alkanes) is 16. The summed E-state index contributed by atoms with van der Waals surface area (Å²) in [6.45, 7) is 6.31. The Bertz CT molecular complexity index is 535. The maximum atomic E-state index is 13.1. The molecule has 184 valence electrons. The van der Waals surface area contributed by atoms with Crippen molar-refractivity contribution in [2.24, 2.45) is 0 Å². The van der Waals surface area contributed by atoms with E-state index in [-0.39, 0.29) is 5.91 Å². The molecule has 0 aliphatic rings. The molecule has 3 heteroatoms. The Labute approximate surface area is 204 Å². The molecule has 0 aromatic heterocycles. The van der Waals surface area contributed by atoms with Crippen LogP contribution in [0.1, 0.15) is 140 Å². The van der Waals surface area contributed by atoms with Gasteiger partial charge < -0.3 is 4.90 Å². The van der Waals surface area contributed by atoms with Crippen molar-refractivity contribution < 1.29 is 4.79 Å². The Morgan fingerprint density at radius 1 is 0.594 bits per heavy atom. The van der Waals surface area contributed by atoms with Crippen molar-refractivity contribution in [2.45, 2.75) is 129 Å².